The number of rotatable bonds is 4. The monoisotopic (exact) mass is 239 g/mol. The lowest BCUT2D eigenvalue weighted by molar-refractivity contribution is 0.125. The largest absolute Gasteiger partial charge is 0.314 e. The van der Waals surface area contributed by atoms with E-state index in [0.717, 1.165) is 0 Å². The lowest BCUT2D eigenvalue weighted by Crippen LogP contribution is -2.44. The number of likely N-dealkylation sites (tertiary alicyclic amines) is 1. The number of hydrogen-bond acceptors (Lipinski definition) is 3. The average molecular weight is 239 g/mol. The van der Waals surface area contributed by atoms with Crippen LogP contribution in [-0.2, 0) is 0 Å². The Balaban J connectivity index is 1.56. The molecule has 2 saturated heterocycles. The van der Waals surface area contributed by atoms with Crippen LogP contribution in [0.15, 0.2) is 0 Å². The molecule has 1 N–H and O–H groups in total. The molecule has 0 aromatic rings. The third kappa shape index (κ3) is 4.57. The fourth-order valence-electron chi connectivity index (χ4n) is 2.83. The van der Waals surface area contributed by atoms with E-state index in [2.05, 4.69) is 29.0 Å². The van der Waals surface area contributed by atoms with Gasteiger partial charge in [-0.1, -0.05) is 13.8 Å². The van der Waals surface area contributed by atoms with Crippen LogP contribution >= 0.6 is 0 Å². The Morgan fingerprint density at radius 3 is 2.00 bits per heavy atom. The van der Waals surface area contributed by atoms with Gasteiger partial charge in [0.2, 0.25) is 0 Å². The Morgan fingerprint density at radius 2 is 1.41 bits per heavy atom. The molecule has 17 heavy (non-hydrogen) atoms. The van der Waals surface area contributed by atoms with E-state index >= 15 is 0 Å². The summed E-state index contributed by atoms with van der Waals surface area (Å²) < 4.78 is 0. The van der Waals surface area contributed by atoms with Gasteiger partial charge in [0.25, 0.3) is 0 Å². The normalized spacial score (nSPS) is 27.2. The van der Waals surface area contributed by atoms with Crippen LogP contribution in [0, 0.1) is 5.41 Å². The zero-order valence-electron chi connectivity index (χ0n) is 11.7. The van der Waals surface area contributed by atoms with E-state index in [0.29, 0.717) is 5.41 Å². The Morgan fingerprint density at radius 1 is 0.882 bits per heavy atom. The highest BCUT2D eigenvalue weighted by Gasteiger charge is 2.24. The fraction of sp³-hybridized carbons (Fsp3) is 1.00. The lowest BCUT2D eigenvalue weighted by Gasteiger charge is -2.37. The van der Waals surface area contributed by atoms with Crippen LogP contribution in [0.1, 0.15) is 33.1 Å². The van der Waals surface area contributed by atoms with Crippen molar-refractivity contribution < 1.29 is 0 Å². The Hall–Kier alpha value is -0.120. The molecule has 2 aliphatic heterocycles. The molecule has 0 aromatic carbocycles. The van der Waals surface area contributed by atoms with E-state index in [1.165, 1.54) is 71.6 Å². The van der Waals surface area contributed by atoms with Gasteiger partial charge in [0.1, 0.15) is 0 Å². The lowest BCUT2D eigenvalue weighted by atomic mass is 9.83. The highest BCUT2D eigenvalue weighted by atomic mass is 15.2. The molecular formula is C14H29N3. The first-order valence-corrected chi connectivity index (χ1v) is 7.31. The van der Waals surface area contributed by atoms with Gasteiger partial charge < -0.3 is 15.1 Å². The van der Waals surface area contributed by atoms with E-state index < -0.39 is 0 Å². The third-order valence-electron chi connectivity index (χ3n) is 4.37. The molecule has 2 aliphatic rings. The van der Waals surface area contributed by atoms with Crippen molar-refractivity contribution in [2.45, 2.75) is 33.1 Å². The van der Waals surface area contributed by atoms with Crippen molar-refractivity contribution >= 4 is 0 Å². The van der Waals surface area contributed by atoms with Crippen LogP contribution < -0.4 is 5.32 Å². The van der Waals surface area contributed by atoms with Crippen molar-refractivity contribution in [3.8, 4) is 0 Å². The first-order valence-electron chi connectivity index (χ1n) is 7.31. The second-order valence-electron chi connectivity index (χ2n) is 6.45. The van der Waals surface area contributed by atoms with Gasteiger partial charge >= 0.3 is 0 Å². The molecule has 0 unspecified atom stereocenters. The topological polar surface area (TPSA) is 18.5 Å². The van der Waals surface area contributed by atoms with Crippen LogP contribution in [0.5, 0.6) is 0 Å². The SMILES string of the molecule is CC1(C)CCN(CCCN2CCNCC2)CC1. The van der Waals surface area contributed by atoms with E-state index in [9.17, 15) is 0 Å². The van der Waals surface area contributed by atoms with E-state index in [1.54, 1.807) is 0 Å². The molecule has 0 bridgehead atoms. The standard InChI is InChI=1S/C14H29N3/c1-14(2)4-10-16(11-5-14)8-3-9-17-12-6-15-7-13-17/h15H,3-13H2,1-2H3. The number of piperazine rings is 1. The van der Waals surface area contributed by atoms with Gasteiger partial charge in [0, 0.05) is 26.2 Å². The van der Waals surface area contributed by atoms with Gasteiger partial charge in [-0.3, -0.25) is 0 Å². The van der Waals surface area contributed by atoms with Crippen LogP contribution in [0.25, 0.3) is 0 Å². The van der Waals surface area contributed by atoms with Gasteiger partial charge in [-0.25, -0.2) is 0 Å². The summed E-state index contributed by atoms with van der Waals surface area (Å²) in [5, 5.41) is 3.41. The van der Waals surface area contributed by atoms with Crippen LogP contribution in [0.2, 0.25) is 0 Å². The van der Waals surface area contributed by atoms with Crippen molar-refractivity contribution in [1.82, 2.24) is 15.1 Å². The first kappa shape index (κ1) is 13.3. The predicted molar refractivity (Wildman–Crippen MR) is 73.4 cm³/mol. The maximum absolute atomic E-state index is 3.41. The molecule has 0 amide bonds. The van der Waals surface area contributed by atoms with Crippen LogP contribution in [-0.4, -0.2) is 62.2 Å². The number of nitrogens with zero attached hydrogens (tertiary/aromatic N) is 2. The van der Waals surface area contributed by atoms with Crippen molar-refractivity contribution in [2.24, 2.45) is 5.41 Å². The summed E-state index contributed by atoms with van der Waals surface area (Å²) in [6.45, 7) is 14.9. The molecule has 3 nitrogen and oxygen atoms in total. The van der Waals surface area contributed by atoms with Gasteiger partial charge in [-0.05, 0) is 50.9 Å². The molecule has 3 heteroatoms. The number of nitrogens with one attached hydrogen (secondary N) is 1. The second-order valence-corrected chi connectivity index (χ2v) is 6.45. The summed E-state index contributed by atoms with van der Waals surface area (Å²) in [4.78, 5) is 5.26. The zero-order valence-corrected chi connectivity index (χ0v) is 11.7. The molecule has 2 rings (SSSR count). The number of hydrogen-bond donors (Lipinski definition) is 1. The van der Waals surface area contributed by atoms with Gasteiger partial charge in [-0.15, -0.1) is 0 Å². The van der Waals surface area contributed by atoms with Crippen LogP contribution in [0.4, 0.5) is 0 Å². The molecule has 2 fully saturated rings. The van der Waals surface area contributed by atoms with E-state index in [1.807, 2.05) is 0 Å². The summed E-state index contributed by atoms with van der Waals surface area (Å²) in [7, 11) is 0. The van der Waals surface area contributed by atoms with Crippen LogP contribution in [0.3, 0.4) is 0 Å². The molecule has 100 valence electrons. The summed E-state index contributed by atoms with van der Waals surface area (Å²) in [5.74, 6) is 0. The molecule has 0 radical (unpaired) electrons. The van der Waals surface area contributed by atoms with Crippen molar-refractivity contribution in [2.75, 3.05) is 52.4 Å². The molecule has 2 heterocycles. The van der Waals surface area contributed by atoms with Crippen molar-refractivity contribution in [3.05, 3.63) is 0 Å². The smallest absolute Gasteiger partial charge is 0.0107 e. The maximum atomic E-state index is 3.41. The summed E-state index contributed by atoms with van der Waals surface area (Å²) >= 11 is 0. The maximum Gasteiger partial charge on any atom is 0.0107 e. The Bertz CT molecular complexity index is 212. The van der Waals surface area contributed by atoms with Gasteiger partial charge in [0.15, 0.2) is 0 Å². The summed E-state index contributed by atoms with van der Waals surface area (Å²) in [6, 6.07) is 0. The Kier molecular flexibility index (Phi) is 4.83. The second kappa shape index (κ2) is 6.17. The quantitative estimate of drug-likeness (QED) is 0.800. The molecule has 0 atom stereocenters. The highest BCUT2D eigenvalue weighted by molar-refractivity contribution is 4.78. The predicted octanol–water partition coefficient (Wildman–Crippen LogP) is 1.40. The minimum atomic E-state index is 0.592. The molecule has 0 aromatic heterocycles. The summed E-state index contributed by atoms with van der Waals surface area (Å²) in [5.41, 5.74) is 0.592. The molecular weight excluding hydrogens is 210 g/mol. The van der Waals surface area contributed by atoms with E-state index in [-0.39, 0.29) is 0 Å². The molecule has 0 aliphatic carbocycles. The minimum absolute atomic E-state index is 0.592. The zero-order chi connectivity index (χ0) is 12.1. The first-order chi connectivity index (χ1) is 8.16. The Labute approximate surface area is 107 Å². The van der Waals surface area contributed by atoms with Crippen molar-refractivity contribution in [3.63, 3.8) is 0 Å². The highest BCUT2D eigenvalue weighted by Crippen LogP contribution is 2.29. The number of piperidine rings is 1. The molecule has 0 saturated carbocycles. The summed E-state index contributed by atoms with van der Waals surface area (Å²) in [6.07, 6.45) is 4.10. The van der Waals surface area contributed by atoms with Crippen molar-refractivity contribution in [1.29, 1.82) is 0 Å². The third-order valence-corrected chi connectivity index (χ3v) is 4.37. The van der Waals surface area contributed by atoms with Gasteiger partial charge in [0.05, 0.1) is 0 Å². The minimum Gasteiger partial charge on any atom is -0.314 e. The van der Waals surface area contributed by atoms with Gasteiger partial charge in [-0.2, -0.15) is 0 Å². The molecule has 0 spiro atoms. The fourth-order valence-corrected chi connectivity index (χ4v) is 2.83. The average Bonchev–Trinajstić information content (AvgIpc) is 2.33. The van der Waals surface area contributed by atoms with E-state index in [4.69, 9.17) is 0 Å².